The molecule has 0 aromatic heterocycles. The van der Waals surface area contributed by atoms with Gasteiger partial charge >= 0.3 is 0 Å². The summed E-state index contributed by atoms with van der Waals surface area (Å²) < 4.78 is 0. The lowest BCUT2D eigenvalue weighted by molar-refractivity contribution is 0.289. The lowest BCUT2D eigenvalue weighted by Gasteiger charge is -2.23. The predicted molar refractivity (Wildman–Crippen MR) is 71.2 cm³/mol. The van der Waals surface area contributed by atoms with E-state index >= 15 is 0 Å². The Hall–Kier alpha value is -0.520. The first-order valence-corrected chi connectivity index (χ1v) is 6.98. The second-order valence-corrected chi connectivity index (χ2v) is 6.27. The molecular formula is C16H26. The molecule has 0 bridgehead atoms. The van der Waals surface area contributed by atoms with Crippen molar-refractivity contribution in [1.82, 2.24) is 0 Å². The monoisotopic (exact) mass is 218 g/mol. The third-order valence-corrected chi connectivity index (χ3v) is 4.63. The first-order chi connectivity index (χ1) is 7.61. The molecule has 16 heavy (non-hydrogen) atoms. The fourth-order valence-electron chi connectivity index (χ4n) is 3.69. The molecule has 0 radical (unpaired) electrons. The van der Waals surface area contributed by atoms with Crippen LogP contribution in [0.1, 0.15) is 47.0 Å². The van der Waals surface area contributed by atoms with Crippen LogP contribution in [0.15, 0.2) is 23.8 Å². The van der Waals surface area contributed by atoms with Gasteiger partial charge in [0.15, 0.2) is 0 Å². The van der Waals surface area contributed by atoms with Gasteiger partial charge in [-0.25, -0.2) is 0 Å². The van der Waals surface area contributed by atoms with E-state index in [-0.39, 0.29) is 0 Å². The highest BCUT2D eigenvalue weighted by Gasteiger charge is 2.40. The summed E-state index contributed by atoms with van der Waals surface area (Å²) in [5, 5.41) is 0. The number of rotatable bonds is 2. The fourth-order valence-corrected chi connectivity index (χ4v) is 3.69. The molecule has 3 atom stereocenters. The number of fused-ring (bicyclic) bond motifs is 1. The summed E-state index contributed by atoms with van der Waals surface area (Å²) >= 11 is 0. The number of hydrogen-bond acceptors (Lipinski definition) is 0. The summed E-state index contributed by atoms with van der Waals surface area (Å²) in [7, 11) is 0. The summed E-state index contributed by atoms with van der Waals surface area (Å²) in [6.07, 6.45) is 11.2. The summed E-state index contributed by atoms with van der Waals surface area (Å²) in [6, 6.07) is 0. The van der Waals surface area contributed by atoms with Crippen molar-refractivity contribution in [2.75, 3.05) is 0 Å². The lowest BCUT2D eigenvalue weighted by atomic mass is 9.82. The van der Waals surface area contributed by atoms with Crippen LogP contribution < -0.4 is 0 Å². The van der Waals surface area contributed by atoms with Crippen LogP contribution in [-0.4, -0.2) is 0 Å². The Bertz CT molecular complexity index is 293. The second kappa shape index (κ2) is 4.77. The van der Waals surface area contributed by atoms with Gasteiger partial charge in [0.2, 0.25) is 0 Å². The predicted octanol–water partition coefficient (Wildman–Crippen LogP) is 4.83. The van der Waals surface area contributed by atoms with E-state index in [0.717, 1.165) is 29.6 Å². The summed E-state index contributed by atoms with van der Waals surface area (Å²) in [4.78, 5) is 0. The minimum absolute atomic E-state index is 0.809. The van der Waals surface area contributed by atoms with Gasteiger partial charge < -0.3 is 0 Å². The molecule has 1 saturated carbocycles. The quantitative estimate of drug-likeness (QED) is 0.623. The molecule has 2 aliphatic carbocycles. The normalized spacial score (nSPS) is 34.1. The molecule has 1 fully saturated rings. The van der Waals surface area contributed by atoms with Gasteiger partial charge in [-0.3, -0.25) is 0 Å². The third-order valence-electron chi connectivity index (χ3n) is 4.63. The highest BCUT2D eigenvalue weighted by molar-refractivity contribution is 5.25. The van der Waals surface area contributed by atoms with Crippen molar-refractivity contribution in [3.05, 3.63) is 23.8 Å². The second-order valence-electron chi connectivity index (χ2n) is 6.27. The van der Waals surface area contributed by atoms with Crippen LogP contribution in [-0.2, 0) is 0 Å². The van der Waals surface area contributed by atoms with Crippen molar-refractivity contribution < 1.29 is 0 Å². The van der Waals surface area contributed by atoms with E-state index in [2.05, 4.69) is 45.9 Å². The van der Waals surface area contributed by atoms with E-state index in [1.807, 2.05) is 0 Å². The molecule has 0 aromatic rings. The molecule has 0 amide bonds. The Labute approximate surface area is 101 Å². The third kappa shape index (κ3) is 2.12. The molecule has 0 aromatic carbocycles. The summed E-state index contributed by atoms with van der Waals surface area (Å²) in [5.41, 5.74) is 1.77. The highest BCUT2D eigenvalue weighted by atomic mass is 14.4. The zero-order valence-corrected chi connectivity index (χ0v) is 11.2. The largest absolute Gasteiger partial charge is 0.0845 e. The number of hydrogen-bond donors (Lipinski definition) is 0. The molecule has 0 N–H and O–H groups in total. The van der Waals surface area contributed by atoms with Gasteiger partial charge in [0.05, 0.1) is 0 Å². The van der Waals surface area contributed by atoms with Crippen LogP contribution in [0.2, 0.25) is 0 Å². The molecular weight excluding hydrogens is 192 g/mol. The summed E-state index contributed by atoms with van der Waals surface area (Å²) in [5.74, 6) is 4.31. The molecule has 0 nitrogen and oxygen atoms in total. The van der Waals surface area contributed by atoms with E-state index in [9.17, 15) is 0 Å². The fraction of sp³-hybridized carbons (Fsp3) is 0.750. The summed E-state index contributed by atoms with van der Waals surface area (Å²) in [6.45, 7) is 9.59. The van der Waals surface area contributed by atoms with Gasteiger partial charge in [0, 0.05) is 0 Å². The van der Waals surface area contributed by atoms with Crippen LogP contribution in [0.25, 0.3) is 0 Å². The first kappa shape index (κ1) is 12.0. The van der Waals surface area contributed by atoms with Gasteiger partial charge in [-0.15, -0.1) is 0 Å². The maximum absolute atomic E-state index is 2.44. The van der Waals surface area contributed by atoms with Crippen LogP contribution >= 0.6 is 0 Å². The molecule has 3 unspecified atom stereocenters. The van der Waals surface area contributed by atoms with Gasteiger partial charge in [0.1, 0.15) is 0 Å². The SMILES string of the molecule is CC(C)C1CC(C(C)C)C2CCC=CC=C12. The van der Waals surface area contributed by atoms with Crippen LogP contribution in [0.4, 0.5) is 0 Å². The molecule has 0 heterocycles. The van der Waals surface area contributed by atoms with E-state index in [4.69, 9.17) is 0 Å². The van der Waals surface area contributed by atoms with Gasteiger partial charge in [-0.05, 0) is 48.9 Å². The maximum Gasteiger partial charge on any atom is -0.0163 e. The molecule has 0 saturated heterocycles. The Kier molecular flexibility index (Phi) is 3.56. The average Bonchev–Trinajstić information content (AvgIpc) is 2.41. The minimum atomic E-state index is 0.809. The molecule has 0 aliphatic heterocycles. The average molecular weight is 218 g/mol. The Morgan fingerprint density at radius 3 is 2.50 bits per heavy atom. The topological polar surface area (TPSA) is 0 Å². The Balaban J connectivity index is 2.26. The van der Waals surface area contributed by atoms with Crippen molar-refractivity contribution in [2.24, 2.45) is 29.6 Å². The molecule has 0 spiro atoms. The Morgan fingerprint density at radius 2 is 1.88 bits per heavy atom. The zero-order chi connectivity index (χ0) is 11.7. The highest BCUT2D eigenvalue weighted by Crippen LogP contribution is 2.50. The molecule has 90 valence electrons. The van der Waals surface area contributed by atoms with Crippen LogP contribution in [0, 0.1) is 29.6 Å². The molecule has 2 aliphatic rings. The minimum Gasteiger partial charge on any atom is -0.0845 e. The van der Waals surface area contributed by atoms with Crippen molar-refractivity contribution in [1.29, 1.82) is 0 Å². The maximum atomic E-state index is 2.44. The molecule has 0 heteroatoms. The smallest absolute Gasteiger partial charge is 0.0163 e. The number of allylic oxidation sites excluding steroid dienone is 4. The zero-order valence-electron chi connectivity index (χ0n) is 11.2. The first-order valence-electron chi connectivity index (χ1n) is 6.98. The van der Waals surface area contributed by atoms with Crippen LogP contribution in [0.3, 0.4) is 0 Å². The van der Waals surface area contributed by atoms with Gasteiger partial charge in [-0.1, -0.05) is 51.5 Å². The van der Waals surface area contributed by atoms with Gasteiger partial charge in [-0.2, -0.15) is 0 Å². The van der Waals surface area contributed by atoms with E-state index in [1.165, 1.54) is 19.3 Å². The van der Waals surface area contributed by atoms with Crippen molar-refractivity contribution >= 4 is 0 Å². The lowest BCUT2D eigenvalue weighted by Crippen LogP contribution is -2.14. The van der Waals surface area contributed by atoms with E-state index in [0.29, 0.717) is 0 Å². The Morgan fingerprint density at radius 1 is 1.12 bits per heavy atom. The van der Waals surface area contributed by atoms with Crippen LogP contribution in [0.5, 0.6) is 0 Å². The van der Waals surface area contributed by atoms with Gasteiger partial charge in [0.25, 0.3) is 0 Å². The molecule has 2 rings (SSSR count). The van der Waals surface area contributed by atoms with E-state index in [1.54, 1.807) is 5.57 Å². The van der Waals surface area contributed by atoms with Crippen molar-refractivity contribution in [3.8, 4) is 0 Å². The standard InChI is InChI=1S/C16H26/c1-11(2)15-10-16(12(3)4)14-9-7-5-6-8-13(14)15/h5-6,8,11-12,14-16H,7,9-10H2,1-4H3. The van der Waals surface area contributed by atoms with Crippen molar-refractivity contribution in [3.63, 3.8) is 0 Å². The van der Waals surface area contributed by atoms with E-state index < -0.39 is 0 Å². The van der Waals surface area contributed by atoms with Crippen molar-refractivity contribution in [2.45, 2.75) is 47.0 Å².